The number of amides is 2. The number of furan rings is 1. The highest BCUT2D eigenvalue weighted by atomic mass is 16.3. The van der Waals surface area contributed by atoms with E-state index >= 15 is 0 Å². The Bertz CT molecular complexity index is 1040. The fourth-order valence-electron chi connectivity index (χ4n) is 3.54. The highest BCUT2D eigenvalue weighted by Crippen LogP contribution is 2.20. The summed E-state index contributed by atoms with van der Waals surface area (Å²) in [6, 6.07) is 20.4. The molecule has 4 rings (SSSR count). The first-order valence-electron chi connectivity index (χ1n) is 10.4. The fraction of sp³-hybridized carbons (Fsp3) is 0.200. The SMILES string of the molecule is O=C(NCc1ccc(N2CCCC2)cc1)/C(=C/c1ccco1)NC(=O)c1ccccc1. The van der Waals surface area contributed by atoms with Crippen LogP contribution in [0.2, 0.25) is 0 Å². The zero-order valence-corrected chi connectivity index (χ0v) is 17.2. The molecule has 0 spiro atoms. The van der Waals surface area contributed by atoms with E-state index in [9.17, 15) is 9.59 Å². The van der Waals surface area contributed by atoms with Crippen molar-refractivity contribution in [1.82, 2.24) is 10.6 Å². The molecule has 1 fully saturated rings. The Labute approximate surface area is 181 Å². The molecule has 1 aliphatic rings. The Morgan fingerprint density at radius 2 is 1.68 bits per heavy atom. The number of anilines is 1. The summed E-state index contributed by atoms with van der Waals surface area (Å²) in [5.74, 6) is -0.263. The predicted octanol–water partition coefficient (Wildman–Crippen LogP) is 3.97. The largest absolute Gasteiger partial charge is 0.465 e. The second kappa shape index (κ2) is 9.80. The second-order valence-electron chi connectivity index (χ2n) is 7.44. The summed E-state index contributed by atoms with van der Waals surface area (Å²) < 4.78 is 5.31. The van der Waals surface area contributed by atoms with Crippen molar-refractivity contribution in [3.63, 3.8) is 0 Å². The van der Waals surface area contributed by atoms with E-state index in [1.54, 1.807) is 36.4 Å². The maximum Gasteiger partial charge on any atom is 0.268 e. The summed E-state index contributed by atoms with van der Waals surface area (Å²) in [5.41, 5.74) is 2.79. The maximum absolute atomic E-state index is 12.8. The lowest BCUT2D eigenvalue weighted by Gasteiger charge is -2.18. The molecule has 0 saturated carbocycles. The normalized spacial score (nSPS) is 13.8. The van der Waals surface area contributed by atoms with Crippen LogP contribution in [0.4, 0.5) is 5.69 Å². The van der Waals surface area contributed by atoms with Crippen molar-refractivity contribution in [1.29, 1.82) is 0 Å². The first-order chi connectivity index (χ1) is 15.2. The van der Waals surface area contributed by atoms with Crippen molar-refractivity contribution in [2.24, 2.45) is 0 Å². The average molecular weight is 415 g/mol. The molecule has 2 aromatic carbocycles. The highest BCUT2D eigenvalue weighted by molar-refractivity contribution is 6.05. The van der Waals surface area contributed by atoms with Gasteiger partial charge in [0.15, 0.2) is 0 Å². The van der Waals surface area contributed by atoms with Crippen molar-refractivity contribution < 1.29 is 14.0 Å². The van der Waals surface area contributed by atoms with Crippen molar-refractivity contribution >= 4 is 23.6 Å². The quantitative estimate of drug-likeness (QED) is 0.573. The average Bonchev–Trinajstić information content (AvgIpc) is 3.52. The molecule has 2 amide bonds. The summed E-state index contributed by atoms with van der Waals surface area (Å²) in [4.78, 5) is 27.8. The Balaban J connectivity index is 1.42. The molecule has 1 aromatic heterocycles. The molecule has 2 heterocycles. The third-order valence-corrected chi connectivity index (χ3v) is 5.22. The van der Waals surface area contributed by atoms with E-state index in [2.05, 4.69) is 27.7 Å². The van der Waals surface area contributed by atoms with Gasteiger partial charge in [-0.3, -0.25) is 9.59 Å². The molecule has 6 nitrogen and oxygen atoms in total. The molecule has 3 aromatic rings. The van der Waals surface area contributed by atoms with E-state index < -0.39 is 0 Å². The van der Waals surface area contributed by atoms with Gasteiger partial charge < -0.3 is 20.0 Å². The number of hydrogen-bond acceptors (Lipinski definition) is 4. The summed E-state index contributed by atoms with van der Waals surface area (Å²) in [6.45, 7) is 2.55. The minimum absolute atomic E-state index is 0.123. The standard InChI is InChI=1S/C25H25N3O3/c29-24(20-7-2-1-3-8-20)27-23(17-22-9-6-16-31-22)25(30)26-18-19-10-12-21(13-11-19)28-14-4-5-15-28/h1-3,6-13,16-17H,4-5,14-15,18H2,(H,26,30)(H,27,29)/b23-17-. The van der Waals surface area contributed by atoms with Gasteiger partial charge in [0, 0.05) is 37.0 Å². The molecule has 1 aliphatic heterocycles. The van der Waals surface area contributed by atoms with E-state index in [0.717, 1.165) is 18.7 Å². The molecule has 0 radical (unpaired) electrons. The Kier molecular flexibility index (Phi) is 6.47. The van der Waals surface area contributed by atoms with Gasteiger partial charge in [-0.25, -0.2) is 0 Å². The maximum atomic E-state index is 12.8. The van der Waals surface area contributed by atoms with E-state index in [1.165, 1.54) is 30.9 Å². The van der Waals surface area contributed by atoms with Crippen molar-refractivity contribution in [2.45, 2.75) is 19.4 Å². The monoisotopic (exact) mass is 415 g/mol. The van der Waals surface area contributed by atoms with Crippen LogP contribution in [0.15, 0.2) is 83.1 Å². The van der Waals surface area contributed by atoms with Gasteiger partial charge in [0.25, 0.3) is 11.8 Å². The van der Waals surface area contributed by atoms with Gasteiger partial charge in [0.2, 0.25) is 0 Å². The zero-order chi connectivity index (χ0) is 21.5. The van der Waals surface area contributed by atoms with Crippen LogP contribution in [0.3, 0.4) is 0 Å². The molecular formula is C25H25N3O3. The lowest BCUT2D eigenvalue weighted by atomic mass is 10.2. The van der Waals surface area contributed by atoms with Gasteiger partial charge in [0.1, 0.15) is 11.5 Å². The lowest BCUT2D eigenvalue weighted by molar-refractivity contribution is -0.117. The van der Waals surface area contributed by atoms with E-state index in [1.807, 2.05) is 18.2 Å². The van der Waals surface area contributed by atoms with Crippen molar-refractivity contribution in [3.05, 3.63) is 95.6 Å². The Morgan fingerprint density at radius 1 is 0.935 bits per heavy atom. The number of carbonyl (C=O) groups is 2. The molecule has 158 valence electrons. The number of benzene rings is 2. The summed E-state index contributed by atoms with van der Waals surface area (Å²) in [7, 11) is 0. The molecule has 31 heavy (non-hydrogen) atoms. The Morgan fingerprint density at radius 3 is 2.35 bits per heavy atom. The molecule has 1 saturated heterocycles. The Hall–Kier alpha value is -3.80. The number of nitrogens with one attached hydrogen (secondary N) is 2. The fourth-order valence-corrected chi connectivity index (χ4v) is 3.54. The van der Waals surface area contributed by atoms with Crippen LogP contribution in [0, 0.1) is 0 Å². The molecular weight excluding hydrogens is 390 g/mol. The van der Waals surface area contributed by atoms with E-state index in [0.29, 0.717) is 17.9 Å². The zero-order valence-electron chi connectivity index (χ0n) is 17.2. The third kappa shape index (κ3) is 5.42. The molecule has 0 unspecified atom stereocenters. The number of rotatable bonds is 7. The molecule has 0 atom stereocenters. The first kappa shape index (κ1) is 20.5. The van der Waals surface area contributed by atoms with Crippen LogP contribution in [-0.4, -0.2) is 24.9 Å². The van der Waals surface area contributed by atoms with Crippen molar-refractivity contribution in [2.75, 3.05) is 18.0 Å². The van der Waals surface area contributed by atoms with Crippen LogP contribution in [-0.2, 0) is 11.3 Å². The van der Waals surface area contributed by atoms with Gasteiger partial charge in [0.05, 0.1) is 6.26 Å². The van der Waals surface area contributed by atoms with E-state index in [-0.39, 0.29) is 17.5 Å². The van der Waals surface area contributed by atoms with Gasteiger partial charge in [-0.2, -0.15) is 0 Å². The summed E-state index contributed by atoms with van der Waals surface area (Å²) >= 11 is 0. The van der Waals surface area contributed by atoms with Crippen LogP contribution < -0.4 is 15.5 Å². The first-order valence-corrected chi connectivity index (χ1v) is 10.4. The molecule has 2 N–H and O–H groups in total. The number of hydrogen-bond donors (Lipinski definition) is 2. The lowest BCUT2D eigenvalue weighted by Crippen LogP contribution is -2.34. The van der Waals surface area contributed by atoms with Crippen LogP contribution in [0.5, 0.6) is 0 Å². The predicted molar refractivity (Wildman–Crippen MR) is 120 cm³/mol. The molecule has 0 bridgehead atoms. The molecule has 0 aliphatic carbocycles. The van der Waals surface area contributed by atoms with Gasteiger partial charge in [-0.1, -0.05) is 30.3 Å². The third-order valence-electron chi connectivity index (χ3n) is 5.22. The minimum atomic E-state index is -0.385. The van der Waals surface area contributed by atoms with Crippen LogP contribution in [0.1, 0.15) is 34.5 Å². The van der Waals surface area contributed by atoms with Crippen LogP contribution in [0.25, 0.3) is 6.08 Å². The summed E-state index contributed by atoms with van der Waals surface area (Å²) in [5, 5.41) is 5.58. The van der Waals surface area contributed by atoms with E-state index in [4.69, 9.17) is 4.42 Å². The van der Waals surface area contributed by atoms with Gasteiger partial charge in [-0.15, -0.1) is 0 Å². The minimum Gasteiger partial charge on any atom is -0.465 e. The van der Waals surface area contributed by atoms with Gasteiger partial charge in [-0.05, 0) is 54.8 Å². The summed E-state index contributed by atoms with van der Waals surface area (Å²) in [6.07, 6.45) is 5.50. The topological polar surface area (TPSA) is 74.6 Å². The number of carbonyl (C=O) groups excluding carboxylic acids is 2. The second-order valence-corrected chi connectivity index (χ2v) is 7.44. The number of nitrogens with zero attached hydrogens (tertiary/aromatic N) is 1. The highest BCUT2D eigenvalue weighted by Gasteiger charge is 2.16. The smallest absolute Gasteiger partial charge is 0.268 e. The van der Waals surface area contributed by atoms with Crippen LogP contribution >= 0.6 is 0 Å². The molecule has 6 heteroatoms. The van der Waals surface area contributed by atoms with Crippen molar-refractivity contribution in [3.8, 4) is 0 Å². The van der Waals surface area contributed by atoms with Gasteiger partial charge >= 0.3 is 0 Å².